The van der Waals surface area contributed by atoms with Crippen LogP contribution in [-0.2, 0) is 17.6 Å². The van der Waals surface area contributed by atoms with E-state index in [2.05, 4.69) is 15.6 Å². The fourth-order valence-electron chi connectivity index (χ4n) is 1.64. The van der Waals surface area contributed by atoms with E-state index in [0.29, 0.717) is 5.13 Å². The second kappa shape index (κ2) is 4.70. The molecule has 0 unspecified atom stereocenters. The molecule has 0 aromatic carbocycles. The predicted molar refractivity (Wildman–Crippen MR) is 63.4 cm³/mol. The van der Waals surface area contributed by atoms with Gasteiger partial charge in [-0.3, -0.25) is 10.1 Å². The first kappa shape index (κ1) is 11.8. The van der Waals surface area contributed by atoms with E-state index < -0.39 is 18.0 Å². The fourth-order valence-corrected chi connectivity index (χ4v) is 2.68. The summed E-state index contributed by atoms with van der Waals surface area (Å²) in [6.45, 7) is 1.41. The normalized spacial score (nSPS) is 15.1. The Morgan fingerprint density at radius 1 is 1.47 bits per heavy atom. The van der Waals surface area contributed by atoms with Gasteiger partial charge in [-0.05, 0) is 26.2 Å². The molecule has 0 fully saturated rings. The molecule has 0 bridgehead atoms. The van der Waals surface area contributed by atoms with Crippen molar-refractivity contribution in [2.75, 3.05) is 5.32 Å². The SMILES string of the molecule is C[C@H](NC(=O)Nc1nc2c(s1)CCC2)C(=O)O. The minimum atomic E-state index is -1.07. The smallest absolute Gasteiger partial charge is 0.325 e. The van der Waals surface area contributed by atoms with Gasteiger partial charge in [-0.25, -0.2) is 9.78 Å². The lowest BCUT2D eigenvalue weighted by Gasteiger charge is -2.08. The van der Waals surface area contributed by atoms with Gasteiger partial charge in [0.25, 0.3) is 0 Å². The lowest BCUT2D eigenvalue weighted by Crippen LogP contribution is -2.40. The number of urea groups is 1. The summed E-state index contributed by atoms with van der Waals surface area (Å²) in [5.74, 6) is -1.07. The maximum atomic E-state index is 11.4. The molecule has 7 heteroatoms. The molecule has 17 heavy (non-hydrogen) atoms. The van der Waals surface area contributed by atoms with Crippen molar-refractivity contribution in [2.24, 2.45) is 0 Å². The molecule has 1 atom stereocenters. The van der Waals surface area contributed by atoms with Crippen LogP contribution in [0.5, 0.6) is 0 Å². The first-order chi connectivity index (χ1) is 8.06. The highest BCUT2D eigenvalue weighted by molar-refractivity contribution is 7.15. The molecule has 1 aromatic heterocycles. The number of aliphatic carboxylic acids is 1. The molecule has 1 aliphatic rings. The van der Waals surface area contributed by atoms with Crippen LogP contribution in [-0.4, -0.2) is 28.1 Å². The average Bonchev–Trinajstić information content (AvgIpc) is 2.76. The monoisotopic (exact) mass is 255 g/mol. The van der Waals surface area contributed by atoms with Gasteiger partial charge < -0.3 is 10.4 Å². The molecule has 1 heterocycles. The first-order valence-corrected chi connectivity index (χ1v) is 6.17. The van der Waals surface area contributed by atoms with Crippen molar-refractivity contribution in [3.05, 3.63) is 10.6 Å². The summed E-state index contributed by atoms with van der Waals surface area (Å²) < 4.78 is 0. The van der Waals surface area contributed by atoms with E-state index in [1.165, 1.54) is 23.1 Å². The Labute approximate surface area is 102 Å². The Bertz CT molecular complexity index is 436. The quantitative estimate of drug-likeness (QED) is 0.757. The van der Waals surface area contributed by atoms with Crippen molar-refractivity contribution in [3.63, 3.8) is 0 Å². The molecular weight excluding hydrogens is 242 g/mol. The standard InChI is InChI=1S/C10H13N3O3S/c1-5(8(14)15)11-9(16)13-10-12-6-3-2-4-7(6)17-10/h5H,2-4H2,1H3,(H,14,15)(H2,11,12,13,16)/t5-/m0/s1. The topological polar surface area (TPSA) is 91.3 Å². The molecule has 92 valence electrons. The summed E-state index contributed by atoms with van der Waals surface area (Å²) in [5.41, 5.74) is 1.05. The Morgan fingerprint density at radius 2 is 2.24 bits per heavy atom. The van der Waals surface area contributed by atoms with Gasteiger partial charge in [-0.2, -0.15) is 0 Å². The molecule has 0 saturated heterocycles. The highest BCUT2D eigenvalue weighted by atomic mass is 32.1. The van der Waals surface area contributed by atoms with Crippen LogP contribution >= 0.6 is 11.3 Å². The number of rotatable bonds is 3. The van der Waals surface area contributed by atoms with Crippen LogP contribution in [0.1, 0.15) is 23.9 Å². The number of carbonyl (C=O) groups is 2. The second-order valence-electron chi connectivity index (χ2n) is 3.90. The first-order valence-electron chi connectivity index (χ1n) is 5.35. The van der Waals surface area contributed by atoms with Gasteiger partial charge in [0.1, 0.15) is 6.04 Å². The van der Waals surface area contributed by atoms with E-state index in [-0.39, 0.29) is 0 Å². The molecule has 0 radical (unpaired) electrons. The third-order valence-electron chi connectivity index (χ3n) is 2.53. The summed E-state index contributed by atoms with van der Waals surface area (Å²) in [4.78, 5) is 27.5. The molecular formula is C10H13N3O3S. The van der Waals surface area contributed by atoms with E-state index in [1.807, 2.05) is 0 Å². The Balaban J connectivity index is 1.92. The number of carboxylic acid groups (broad SMARTS) is 1. The van der Waals surface area contributed by atoms with E-state index >= 15 is 0 Å². The zero-order valence-electron chi connectivity index (χ0n) is 9.32. The Morgan fingerprint density at radius 3 is 2.88 bits per heavy atom. The number of hydrogen-bond donors (Lipinski definition) is 3. The van der Waals surface area contributed by atoms with E-state index in [4.69, 9.17) is 5.11 Å². The number of anilines is 1. The molecule has 0 spiro atoms. The molecule has 2 amide bonds. The number of carboxylic acids is 1. The third-order valence-corrected chi connectivity index (χ3v) is 3.61. The van der Waals surface area contributed by atoms with Gasteiger partial charge in [0.15, 0.2) is 5.13 Å². The van der Waals surface area contributed by atoms with Crippen LogP contribution in [0, 0.1) is 0 Å². The van der Waals surface area contributed by atoms with Gasteiger partial charge in [0.2, 0.25) is 0 Å². The number of nitrogens with zero attached hydrogens (tertiary/aromatic N) is 1. The lowest BCUT2D eigenvalue weighted by atomic mass is 10.3. The number of thiazole rings is 1. The maximum absolute atomic E-state index is 11.4. The molecule has 2 rings (SSSR count). The molecule has 6 nitrogen and oxygen atoms in total. The van der Waals surface area contributed by atoms with Crippen molar-refractivity contribution >= 4 is 28.5 Å². The van der Waals surface area contributed by atoms with Gasteiger partial charge in [-0.1, -0.05) is 0 Å². The Kier molecular flexibility index (Phi) is 3.28. The Hall–Kier alpha value is -1.63. The van der Waals surface area contributed by atoms with Crippen molar-refractivity contribution < 1.29 is 14.7 Å². The largest absolute Gasteiger partial charge is 0.480 e. The minimum absolute atomic E-state index is 0.532. The van der Waals surface area contributed by atoms with Gasteiger partial charge in [0, 0.05) is 4.88 Å². The van der Waals surface area contributed by atoms with Gasteiger partial charge >= 0.3 is 12.0 Å². The minimum Gasteiger partial charge on any atom is -0.480 e. The van der Waals surface area contributed by atoms with Crippen molar-refractivity contribution in [2.45, 2.75) is 32.2 Å². The molecule has 0 saturated carbocycles. The van der Waals surface area contributed by atoms with Crippen LogP contribution in [0.3, 0.4) is 0 Å². The molecule has 1 aliphatic carbocycles. The van der Waals surface area contributed by atoms with Gasteiger partial charge in [0.05, 0.1) is 5.69 Å². The number of aryl methyl sites for hydroxylation is 2. The highest BCUT2D eigenvalue weighted by Gasteiger charge is 2.19. The van der Waals surface area contributed by atoms with Crippen LogP contribution < -0.4 is 10.6 Å². The summed E-state index contributed by atoms with van der Waals surface area (Å²) in [5, 5.41) is 14.0. The summed E-state index contributed by atoms with van der Waals surface area (Å²) >= 11 is 1.46. The number of nitrogens with one attached hydrogen (secondary N) is 2. The number of hydrogen-bond acceptors (Lipinski definition) is 4. The zero-order valence-corrected chi connectivity index (χ0v) is 10.1. The number of fused-ring (bicyclic) bond motifs is 1. The van der Waals surface area contributed by atoms with Crippen LogP contribution in [0.25, 0.3) is 0 Å². The van der Waals surface area contributed by atoms with Crippen molar-refractivity contribution in [1.82, 2.24) is 10.3 Å². The molecule has 3 N–H and O–H groups in total. The maximum Gasteiger partial charge on any atom is 0.325 e. The zero-order chi connectivity index (χ0) is 12.4. The summed E-state index contributed by atoms with van der Waals surface area (Å²) in [7, 11) is 0. The number of carbonyl (C=O) groups excluding carboxylic acids is 1. The summed E-state index contributed by atoms with van der Waals surface area (Å²) in [6.07, 6.45) is 3.10. The van der Waals surface area contributed by atoms with Crippen LogP contribution in [0.15, 0.2) is 0 Å². The third kappa shape index (κ3) is 2.73. The van der Waals surface area contributed by atoms with E-state index in [0.717, 1.165) is 25.0 Å². The molecule has 1 aromatic rings. The lowest BCUT2D eigenvalue weighted by molar-refractivity contribution is -0.138. The average molecular weight is 255 g/mol. The number of aromatic nitrogens is 1. The molecule has 0 aliphatic heterocycles. The number of amides is 2. The van der Waals surface area contributed by atoms with Gasteiger partial charge in [-0.15, -0.1) is 11.3 Å². The van der Waals surface area contributed by atoms with Crippen LogP contribution in [0.2, 0.25) is 0 Å². The van der Waals surface area contributed by atoms with E-state index in [9.17, 15) is 9.59 Å². The predicted octanol–water partition coefficient (Wildman–Crippen LogP) is 1.23. The van der Waals surface area contributed by atoms with Crippen molar-refractivity contribution in [1.29, 1.82) is 0 Å². The highest BCUT2D eigenvalue weighted by Crippen LogP contribution is 2.30. The van der Waals surface area contributed by atoms with Crippen molar-refractivity contribution in [3.8, 4) is 0 Å². The van der Waals surface area contributed by atoms with Crippen LogP contribution in [0.4, 0.5) is 9.93 Å². The fraction of sp³-hybridized carbons (Fsp3) is 0.500. The van der Waals surface area contributed by atoms with E-state index in [1.54, 1.807) is 0 Å². The summed E-state index contributed by atoms with van der Waals surface area (Å²) in [6, 6.07) is -1.45. The second-order valence-corrected chi connectivity index (χ2v) is 4.98.